The van der Waals surface area contributed by atoms with Gasteiger partial charge < -0.3 is 11.1 Å². The van der Waals surface area contributed by atoms with Gasteiger partial charge in [0.1, 0.15) is 5.00 Å². The van der Waals surface area contributed by atoms with Crippen LogP contribution >= 0.6 is 11.3 Å². The van der Waals surface area contributed by atoms with Gasteiger partial charge >= 0.3 is 0 Å². The van der Waals surface area contributed by atoms with Crippen molar-refractivity contribution in [3.05, 3.63) is 57.5 Å². The third-order valence-corrected chi connectivity index (χ3v) is 6.75. The van der Waals surface area contributed by atoms with E-state index in [9.17, 15) is 9.59 Å². The number of nitrogens with one attached hydrogen (secondary N) is 1. The Morgan fingerprint density at radius 3 is 2.62 bits per heavy atom. The van der Waals surface area contributed by atoms with Crippen LogP contribution in [0.2, 0.25) is 0 Å². The number of anilines is 1. The molecule has 0 radical (unpaired) electrons. The Hall–Kier alpha value is -2.40. The SMILES string of the molecule is CCC[C@H]1CCc2c(sc(NC(=O)/C=C\c3ccc(C(C)C)cc3)c2C(N)=O)C1. The standard InChI is InChI=1S/C24H30N2O2S/c1-4-5-17-8-12-19-20(14-17)29-24(22(19)23(25)28)26-21(27)13-9-16-6-10-18(11-7-16)15(2)3/h6-7,9-11,13,15,17H,4-5,8,12,14H2,1-3H3,(H2,25,28)(H,26,27)/b13-9-/t17-/m0/s1. The molecule has 0 saturated carbocycles. The molecule has 2 amide bonds. The number of hydrogen-bond acceptors (Lipinski definition) is 3. The number of nitrogens with two attached hydrogens (primary N) is 1. The van der Waals surface area contributed by atoms with Gasteiger partial charge in [-0.2, -0.15) is 0 Å². The van der Waals surface area contributed by atoms with Crippen LogP contribution in [0.3, 0.4) is 0 Å². The van der Waals surface area contributed by atoms with Gasteiger partial charge in [0.15, 0.2) is 0 Å². The molecular weight excluding hydrogens is 380 g/mol. The van der Waals surface area contributed by atoms with E-state index in [4.69, 9.17) is 5.73 Å². The molecule has 0 fully saturated rings. The zero-order chi connectivity index (χ0) is 21.0. The fourth-order valence-corrected chi connectivity index (χ4v) is 5.35. The molecule has 1 aromatic carbocycles. The first-order valence-electron chi connectivity index (χ1n) is 10.4. The Bertz CT molecular complexity index is 910. The van der Waals surface area contributed by atoms with Gasteiger partial charge in [0.2, 0.25) is 5.91 Å². The molecular formula is C24H30N2O2S. The largest absolute Gasteiger partial charge is 0.365 e. The van der Waals surface area contributed by atoms with Crippen molar-refractivity contribution in [1.82, 2.24) is 0 Å². The molecule has 1 aliphatic carbocycles. The van der Waals surface area contributed by atoms with Crippen LogP contribution in [-0.2, 0) is 17.6 Å². The summed E-state index contributed by atoms with van der Waals surface area (Å²) in [7, 11) is 0. The van der Waals surface area contributed by atoms with Crippen LogP contribution in [0.25, 0.3) is 6.08 Å². The lowest BCUT2D eigenvalue weighted by atomic mass is 9.84. The Morgan fingerprint density at radius 2 is 2.00 bits per heavy atom. The number of benzene rings is 1. The summed E-state index contributed by atoms with van der Waals surface area (Å²) in [5.74, 6) is 0.429. The average molecular weight is 411 g/mol. The second kappa shape index (κ2) is 9.40. The van der Waals surface area contributed by atoms with E-state index in [-0.39, 0.29) is 5.91 Å². The van der Waals surface area contributed by atoms with Gasteiger partial charge in [-0.25, -0.2) is 0 Å². The van der Waals surface area contributed by atoms with Crippen LogP contribution < -0.4 is 11.1 Å². The lowest BCUT2D eigenvalue weighted by Gasteiger charge is -2.21. The molecule has 4 nitrogen and oxygen atoms in total. The summed E-state index contributed by atoms with van der Waals surface area (Å²) < 4.78 is 0. The molecule has 0 spiro atoms. The average Bonchev–Trinajstić information content (AvgIpc) is 3.04. The summed E-state index contributed by atoms with van der Waals surface area (Å²) in [6, 6.07) is 8.16. The summed E-state index contributed by atoms with van der Waals surface area (Å²) in [6.45, 7) is 6.51. The first-order chi connectivity index (χ1) is 13.9. The minimum absolute atomic E-state index is 0.246. The van der Waals surface area contributed by atoms with Gasteiger partial charge in [-0.1, -0.05) is 57.9 Å². The predicted octanol–water partition coefficient (Wildman–Crippen LogP) is 5.53. The molecule has 1 aliphatic rings. The monoisotopic (exact) mass is 410 g/mol. The molecule has 0 aliphatic heterocycles. The van der Waals surface area contributed by atoms with Crippen molar-refractivity contribution in [2.24, 2.45) is 11.7 Å². The Kier molecular flexibility index (Phi) is 6.91. The number of hydrogen-bond donors (Lipinski definition) is 2. The van der Waals surface area contributed by atoms with Crippen molar-refractivity contribution in [3.8, 4) is 0 Å². The summed E-state index contributed by atoms with van der Waals surface area (Å²) in [6.07, 6.45) is 8.58. The molecule has 0 bridgehead atoms. The molecule has 1 atom stereocenters. The number of rotatable bonds is 7. The first-order valence-corrected chi connectivity index (χ1v) is 11.2. The fraction of sp³-hybridized carbons (Fsp3) is 0.417. The molecule has 154 valence electrons. The van der Waals surface area contributed by atoms with Crippen LogP contribution in [0.1, 0.15) is 77.9 Å². The van der Waals surface area contributed by atoms with Crippen molar-refractivity contribution < 1.29 is 9.59 Å². The van der Waals surface area contributed by atoms with Crippen LogP contribution in [0.5, 0.6) is 0 Å². The molecule has 5 heteroatoms. The number of fused-ring (bicyclic) bond motifs is 1. The highest BCUT2D eigenvalue weighted by atomic mass is 32.1. The summed E-state index contributed by atoms with van der Waals surface area (Å²) in [5, 5.41) is 3.48. The third-order valence-electron chi connectivity index (χ3n) is 5.58. The number of carbonyl (C=O) groups excluding carboxylic acids is 2. The van der Waals surface area contributed by atoms with E-state index in [1.807, 2.05) is 12.1 Å². The van der Waals surface area contributed by atoms with Crippen LogP contribution in [0.4, 0.5) is 5.00 Å². The molecule has 0 unspecified atom stereocenters. The minimum atomic E-state index is -0.458. The van der Waals surface area contributed by atoms with Gasteiger partial charge in [0.25, 0.3) is 5.91 Å². The number of amides is 2. The number of primary amides is 1. The molecule has 1 aromatic heterocycles. The Balaban J connectivity index is 1.73. The summed E-state index contributed by atoms with van der Waals surface area (Å²) in [4.78, 5) is 25.7. The smallest absolute Gasteiger partial charge is 0.251 e. The second-order valence-corrected chi connectivity index (χ2v) is 9.22. The fourth-order valence-electron chi connectivity index (χ4n) is 3.98. The van der Waals surface area contributed by atoms with Crippen LogP contribution in [0.15, 0.2) is 30.3 Å². The van der Waals surface area contributed by atoms with Crippen molar-refractivity contribution in [2.45, 2.75) is 58.8 Å². The molecule has 3 rings (SSSR count). The summed E-state index contributed by atoms with van der Waals surface area (Å²) in [5.41, 5.74) is 9.43. The zero-order valence-corrected chi connectivity index (χ0v) is 18.3. The van der Waals surface area contributed by atoms with E-state index in [1.165, 1.54) is 40.7 Å². The summed E-state index contributed by atoms with van der Waals surface area (Å²) >= 11 is 1.51. The van der Waals surface area contributed by atoms with E-state index >= 15 is 0 Å². The molecule has 3 N–H and O–H groups in total. The van der Waals surface area contributed by atoms with Crippen LogP contribution in [0, 0.1) is 5.92 Å². The lowest BCUT2D eigenvalue weighted by Crippen LogP contribution is -2.19. The Labute approximate surface area is 177 Å². The van der Waals surface area contributed by atoms with E-state index in [0.29, 0.717) is 22.4 Å². The van der Waals surface area contributed by atoms with Crippen LogP contribution in [-0.4, -0.2) is 11.8 Å². The van der Waals surface area contributed by atoms with Gasteiger partial charge in [-0.15, -0.1) is 11.3 Å². The second-order valence-electron chi connectivity index (χ2n) is 8.11. The Morgan fingerprint density at radius 1 is 1.28 bits per heavy atom. The maximum Gasteiger partial charge on any atom is 0.251 e. The van der Waals surface area contributed by atoms with Crippen molar-refractivity contribution in [3.63, 3.8) is 0 Å². The van der Waals surface area contributed by atoms with E-state index in [0.717, 1.165) is 30.4 Å². The normalized spacial score (nSPS) is 16.2. The molecule has 2 aromatic rings. The highest BCUT2D eigenvalue weighted by Crippen LogP contribution is 2.40. The van der Waals surface area contributed by atoms with Crippen molar-refractivity contribution >= 4 is 34.2 Å². The van der Waals surface area contributed by atoms with E-state index in [1.54, 1.807) is 6.08 Å². The van der Waals surface area contributed by atoms with E-state index < -0.39 is 5.91 Å². The van der Waals surface area contributed by atoms with E-state index in [2.05, 4.69) is 38.2 Å². The molecule has 0 saturated heterocycles. The van der Waals surface area contributed by atoms with Gasteiger partial charge in [0, 0.05) is 11.0 Å². The number of thiophene rings is 1. The van der Waals surface area contributed by atoms with Gasteiger partial charge in [-0.3, -0.25) is 9.59 Å². The minimum Gasteiger partial charge on any atom is -0.365 e. The topological polar surface area (TPSA) is 72.2 Å². The zero-order valence-electron chi connectivity index (χ0n) is 17.5. The van der Waals surface area contributed by atoms with Crippen molar-refractivity contribution in [2.75, 3.05) is 5.32 Å². The van der Waals surface area contributed by atoms with Crippen molar-refractivity contribution in [1.29, 1.82) is 0 Å². The lowest BCUT2D eigenvalue weighted by molar-refractivity contribution is -0.111. The van der Waals surface area contributed by atoms with Gasteiger partial charge in [0.05, 0.1) is 5.56 Å². The highest BCUT2D eigenvalue weighted by Gasteiger charge is 2.28. The molecule has 1 heterocycles. The first kappa shape index (κ1) is 21.3. The predicted molar refractivity (Wildman–Crippen MR) is 121 cm³/mol. The maximum atomic E-state index is 12.5. The third kappa shape index (κ3) is 5.15. The number of carbonyl (C=O) groups is 2. The molecule has 29 heavy (non-hydrogen) atoms. The quantitative estimate of drug-likeness (QED) is 0.589. The maximum absolute atomic E-state index is 12.5. The highest BCUT2D eigenvalue weighted by molar-refractivity contribution is 7.17. The van der Waals surface area contributed by atoms with Gasteiger partial charge in [-0.05, 0) is 53.9 Å².